The summed E-state index contributed by atoms with van der Waals surface area (Å²) in [5.41, 5.74) is -0.00884. The molecule has 0 unspecified atom stereocenters. The van der Waals surface area contributed by atoms with Gasteiger partial charge < -0.3 is 5.32 Å². The largest absolute Gasteiger partial charge is 0.369 e. The highest BCUT2D eigenvalue weighted by atomic mass is 32.1. The van der Waals surface area contributed by atoms with E-state index < -0.39 is 5.92 Å². The van der Waals surface area contributed by atoms with E-state index in [9.17, 15) is 14.4 Å². The normalized spacial score (nSPS) is 12.2. The van der Waals surface area contributed by atoms with Gasteiger partial charge in [-0.2, -0.15) is 14.5 Å². The van der Waals surface area contributed by atoms with Crippen molar-refractivity contribution in [3.8, 4) is 5.00 Å². The van der Waals surface area contributed by atoms with E-state index >= 15 is 0 Å². The van der Waals surface area contributed by atoms with E-state index in [-0.39, 0.29) is 30.2 Å². The zero-order valence-electron chi connectivity index (χ0n) is 17.1. The van der Waals surface area contributed by atoms with Gasteiger partial charge in [-0.3, -0.25) is 9.59 Å². The van der Waals surface area contributed by atoms with Crippen molar-refractivity contribution in [1.82, 2.24) is 34.9 Å². The van der Waals surface area contributed by atoms with Gasteiger partial charge in [0, 0.05) is 18.5 Å². The highest BCUT2D eigenvalue weighted by Gasteiger charge is 2.21. The molecule has 1 amide bonds. The van der Waals surface area contributed by atoms with Crippen LogP contribution in [0.5, 0.6) is 0 Å². The fourth-order valence-corrected chi connectivity index (χ4v) is 3.97. The molecule has 4 aromatic rings. The van der Waals surface area contributed by atoms with Crippen molar-refractivity contribution in [3.05, 3.63) is 68.3 Å². The monoisotopic (exact) mass is 439 g/mol. The van der Waals surface area contributed by atoms with Gasteiger partial charge in [-0.15, -0.1) is 11.3 Å². The summed E-state index contributed by atoms with van der Waals surface area (Å²) in [5.74, 6) is -0.834. The maximum Gasteiger partial charge on any atom is 0.369 e. The summed E-state index contributed by atoms with van der Waals surface area (Å²) < 4.78 is 3.79. The van der Waals surface area contributed by atoms with E-state index in [1.807, 2.05) is 24.4 Å². The first-order chi connectivity index (χ1) is 15.0. The van der Waals surface area contributed by atoms with Crippen molar-refractivity contribution in [2.45, 2.75) is 32.9 Å². The minimum absolute atomic E-state index is 0.178. The lowest BCUT2D eigenvalue weighted by Gasteiger charge is -2.15. The van der Waals surface area contributed by atoms with Crippen LogP contribution in [0.25, 0.3) is 15.8 Å². The molecular weight excluding hydrogens is 418 g/mol. The first-order valence-corrected chi connectivity index (χ1v) is 10.7. The van der Waals surface area contributed by atoms with Gasteiger partial charge in [-0.1, -0.05) is 18.2 Å². The number of hydrogen-bond donors (Lipinski definition) is 1. The van der Waals surface area contributed by atoms with E-state index in [1.165, 1.54) is 25.4 Å². The Morgan fingerprint density at radius 2 is 1.87 bits per heavy atom. The summed E-state index contributed by atoms with van der Waals surface area (Å²) in [6.07, 6.45) is 0. The van der Waals surface area contributed by atoms with Crippen LogP contribution in [-0.4, -0.2) is 42.0 Å². The average molecular weight is 440 g/mol. The zero-order chi connectivity index (χ0) is 22.0. The number of amides is 1. The lowest BCUT2D eigenvalue weighted by Crippen LogP contribution is -2.35. The number of nitrogens with one attached hydrogen (secondary N) is 1. The van der Waals surface area contributed by atoms with E-state index in [2.05, 4.69) is 20.8 Å². The summed E-state index contributed by atoms with van der Waals surface area (Å²) in [5, 5.41) is 18.7. The number of nitrogens with zero attached hydrogens (tertiary/aromatic N) is 6. The van der Waals surface area contributed by atoms with Crippen LogP contribution in [0, 0.1) is 0 Å². The number of fused-ring (bicyclic) bond motifs is 1. The highest BCUT2D eigenvalue weighted by Crippen LogP contribution is 2.21. The SMILES string of the molecule is CCn1nc([C@@H](C)C(=O)NCCn2nnn(-c3cccs3)c2=O)c2ccccc2c1=O. The second-order valence-electron chi connectivity index (χ2n) is 6.91. The van der Waals surface area contributed by atoms with Crippen LogP contribution in [-0.2, 0) is 17.9 Å². The molecular formula is C20H21N7O3S. The van der Waals surface area contributed by atoms with Crippen molar-refractivity contribution in [2.24, 2.45) is 0 Å². The average Bonchev–Trinajstić information content (AvgIpc) is 3.44. The smallest absolute Gasteiger partial charge is 0.354 e. The Morgan fingerprint density at radius 3 is 2.58 bits per heavy atom. The van der Waals surface area contributed by atoms with Crippen molar-refractivity contribution in [2.75, 3.05) is 6.54 Å². The molecule has 1 atom stereocenters. The quantitative estimate of drug-likeness (QED) is 0.462. The number of carbonyl (C=O) groups is 1. The van der Waals surface area contributed by atoms with E-state index in [4.69, 9.17) is 0 Å². The van der Waals surface area contributed by atoms with Crippen LogP contribution in [0.15, 0.2) is 51.4 Å². The molecule has 3 heterocycles. The fourth-order valence-electron chi connectivity index (χ4n) is 3.30. The fraction of sp³-hybridized carbons (Fsp3) is 0.300. The van der Waals surface area contributed by atoms with Crippen molar-refractivity contribution in [3.63, 3.8) is 0 Å². The maximum atomic E-state index is 12.8. The molecule has 0 radical (unpaired) electrons. The Morgan fingerprint density at radius 1 is 1.10 bits per heavy atom. The molecule has 11 heteroatoms. The molecule has 4 rings (SSSR count). The summed E-state index contributed by atoms with van der Waals surface area (Å²) in [7, 11) is 0. The molecule has 10 nitrogen and oxygen atoms in total. The number of hydrogen-bond acceptors (Lipinski definition) is 7. The number of aryl methyl sites for hydroxylation is 1. The van der Waals surface area contributed by atoms with E-state index in [0.29, 0.717) is 28.0 Å². The Kier molecular flexibility index (Phi) is 5.76. The second-order valence-corrected chi connectivity index (χ2v) is 7.84. The summed E-state index contributed by atoms with van der Waals surface area (Å²) >= 11 is 1.38. The second kappa shape index (κ2) is 8.64. The number of thiophene rings is 1. The molecule has 0 spiro atoms. The third-order valence-electron chi connectivity index (χ3n) is 4.98. The lowest BCUT2D eigenvalue weighted by molar-refractivity contribution is -0.122. The minimum Gasteiger partial charge on any atom is -0.354 e. The minimum atomic E-state index is -0.582. The summed E-state index contributed by atoms with van der Waals surface area (Å²) in [6, 6.07) is 10.7. The van der Waals surface area contributed by atoms with Gasteiger partial charge >= 0.3 is 5.69 Å². The topological polar surface area (TPSA) is 117 Å². The van der Waals surface area contributed by atoms with Gasteiger partial charge in [-0.25, -0.2) is 9.48 Å². The molecule has 0 saturated heterocycles. The third kappa shape index (κ3) is 3.91. The molecule has 0 aliphatic carbocycles. The molecule has 0 aliphatic heterocycles. The van der Waals surface area contributed by atoms with E-state index in [0.717, 1.165) is 0 Å². The maximum absolute atomic E-state index is 12.8. The van der Waals surface area contributed by atoms with Crippen molar-refractivity contribution >= 4 is 28.0 Å². The molecule has 31 heavy (non-hydrogen) atoms. The molecule has 1 N–H and O–H groups in total. The van der Waals surface area contributed by atoms with Gasteiger partial charge in [-0.05, 0) is 47.9 Å². The van der Waals surface area contributed by atoms with E-state index in [1.54, 1.807) is 31.2 Å². The molecule has 0 bridgehead atoms. The Balaban J connectivity index is 1.48. The molecule has 3 aromatic heterocycles. The summed E-state index contributed by atoms with van der Waals surface area (Å²) in [6.45, 7) is 4.38. The van der Waals surface area contributed by atoms with Crippen LogP contribution in [0.3, 0.4) is 0 Å². The van der Waals surface area contributed by atoms with Crippen LogP contribution >= 0.6 is 11.3 Å². The third-order valence-corrected chi connectivity index (χ3v) is 5.82. The zero-order valence-corrected chi connectivity index (χ0v) is 17.9. The van der Waals surface area contributed by atoms with Gasteiger partial charge in [0.05, 0.1) is 23.5 Å². The Bertz CT molecular complexity index is 1340. The molecule has 1 aromatic carbocycles. The molecule has 0 aliphatic rings. The molecule has 0 fully saturated rings. The van der Waals surface area contributed by atoms with Crippen molar-refractivity contribution in [1.29, 1.82) is 0 Å². The first kappa shape index (κ1) is 20.7. The van der Waals surface area contributed by atoms with Gasteiger partial charge in [0.15, 0.2) is 0 Å². The van der Waals surface area contributed by atoms with Gasteiger partial charge in [0.1, 0.15) is 5.00 Å². The van der Waals surface area contributed by atoms with Crippen LogP contribution in [0.2, 0.25) is 0 Å². The Hall–Kier alpha value is -3.60. The molecule has 0 saturated carbocycles. The standard InChI is InChI=1S/C20H21N7O3S/c1-3-25-19(29)15-8-5-4-7-14(15)17(22-25)13(2)18(28)21-10-11-26-20(30)27(24-23-26)16-9-6-12-31-16/h4-9,12-13H,3,10-11H2,1-2H3,(H,21,28)/t13-/m1/s1. The van der Waals surface area contributed by atoms with Crippen LogP contribution < -0.4 is 16.6 Å². The lowest BCUT2D eigenvalue weighted by atomic mass is 10.0. The van der Waals surface area contributed by atoms with Crippen molar-refractivity contribution < 1.29 is 4.79 Å². The predicted molar refractivity (Wildman–Crippen MR) is 117 cm³/mol. The first-order valence-electron chi connectivity index (χ1n) is 9.85. The number of benzene rings is 1. The van der Waals surface area contributed by atoms with Gasteiger partial charge in [0.2, 0.25) is 5.91 Å². The number of aromatic nitrogens is 6. The predicted octanol–water partition coefficient (Wildman–Crippen LogP) is 1.14. The van der Waals surface area contributed by atoms with Gasteiger partial charge in [0.25, 0.3) is 5.56 Å². The Labute approximate surface area is 180 Å². The number of rotatable bonds is 7. The summed E-state index contributed by atoms with van der Waals surface area (Å²) in [4.78, 5) is 37.7. The highest BCUT2D eigenvalue weighted by molar-refractivity contribution is 7.12. The number of tetrazole rings is 1. The van der Waals surface area contributed by atoms with Crippen LogP contribution in [0.1, 0.15) is 25.5 Å². The number of carbonyl (C=O) groups excluding carboxylic acids is 1. The molecule has 160 valence electrons. The van der Waals surface area contributed by atoms with Crippen LogP contribution in [0.4, 0.5) is 0 Å².